The Bertz CT molecular complexity index is 1700. The van der Waals surface area contributed by atoms with Crippen molar-refractivity contribution >= 4 is 33.5 Å². The summed E-state index contributed by atoms with van der Waals surface area (Å²) in [7, 11) is 0. The molecular weight excluding hydrogens is 436 g/mol. The third kappa shape index (κ3) is 3.88. The van der Waals surface area contributed by atoms with Gasteiger partial charge in [-0.25, -0.2) is 4.98 Å². The van der Waals surface area contributed by atoms with Crippen LogP contribution in [0.3, 0.4) is 0 Å². The molecule has 5 rings (SSSR count). The standard InChI is InChI=1S/C28H24N6O/c1-16-17(2)22(11-9-20-10-12-23-24(31-20)14-30-33-23)26-25(18(16)3)27(34-35-26)32-21-8-6-7-19(13-21)28(4,5)15-29/h6-8,10,12-14H,1-5H3,(H,30,33)(H,32,34). The van der Waals surface area contributed by atoms with E-state index >= 15 is 0 Å². The Balaban J connectivity index is 1.58. The zero-order valence-electron chi connectivity index (χ0n) is 20.2. The Morgan fingerprint density at radius 3 is 2.66 bits per heavy atom. The highest BCUT2D eigenvalue weighted by Crippen LogP contribution is 2.36. The third-order valence-corrected chi connectivity index (χ3v) is 6.53. The SMILES string of the molecule is Cc1c(C)c(C)c2c(Nc3cccc(C(C)(C)C#N)c3)noc2c1C#Cc1ccc2[nH]ncc2n1. The molecule has 0 saturated heterocycles. The van der Waals surface area contributed by atoms with E-state index < -0.39 is 5.41 Å². The second-order valence-electron chi connectivity index (χ2n) is 9.18. The second kappa shape index (κ2) is 8.30. The molecule has 0 atom stereocenters. The van der Waals surface area contributed by atoms with Crippen LogP contribution in [0.4, 0.5) is 11.5 Å². The first-order valence-electron chi connectivity index (χ1n) is 11.3. The Hall–Kier alpha value is -4.62. The number of rotatable bonds is 3. The quantitative estimate of drug-likeness (QED) is 0.322. The number of aromatic nitrogens is 4. The molecule has 172 valence electrons. The number of hydrogen-bond acceptors (Lipinski definition) is 6. The van der Waals surface area contributed by atoms with E-state index in [0.717, 1.165) is 49.9 Å². The molecule has 3 heterocycles. The van der Waals surface area contributed by atoms with Crippen molar-refractivity contribution in [3.8, 4) is 17.9 Å². The number of nitriles is 1. The van der Waals surface area contributed by atoms with E-state index in [4.69, 9.17) is 4.52 Å². The van der Waals surface area contributed by atoms with E-state index in [2.05, 4.69) is 57.4 Å². The van der Waals surface area contributed by atoms with Gasteiger partial charge >= 0.3 is 0 Å². The van der Waals surface area contributed by atoms with Gasteiger partial charge in [0.05, 0.1) is 34.1 Å². The third-order valence-electron chi connectivity index (χ3n) is 6.53. The summed E-state index contributed by atoms with van der Waals surface area (Å²) in [5.74, 6) is 7.06. The fourth-order valence-electron chi connectivity index (χ4n) is 4.08. The molecule has 0 amide bonds. The van der Waals surface area contributed by atoms with Crippen molar-refractivity contribution in [1.29, 1.82) is 5.26 Å². The summed E-state index contributed by atoms with van der Waals surface area (Å²) in [4.78, 5) is 4.55. The van der Waals surface area contributed by atoms with Gasteiger partial charge < -0.3 is 9.84 Å². The van der Waals surface area contributed by atoms with Gasteiger partial charge in [-0.3, -0.25) is 5.10 Å². The van der Waals surface area contributed by atoms with Crippen molar-refractivity contribution in [3.05, 3.63) is 76.1 Å². The van der Waals surface area contributed by atoms with Gasteiger partial charge in [-0.1, -0.05) is 23.2 Å². The maximum absolute atomic E-state index is 9.51. The normalized spacial score (nSPS) is 11.3. The van der Waals surface area contributed by atoms with Crippen molar-refractivity contribution in [1.82, 2.24) is 20.3 Å². The molecule has 0 aliphatic rings. The molecule has 0 fully saturated rings. The first-order chi connectivity index (χ1) is 16.8. The number of nitrogens with zero attached hydrogens (tertiary/aromatic N) is 4. The first-order valence-corrected chi connectivity index (χ1v) is 11.3. The molecule has 7 nitrogen and oxygen atoms in total. The summed E-state index contributed by atoms with van der Waals surface area (Å²) in [5.41, 5.74) is 8.15. The topological polar surface area (TPSA) is 103 Å². The van der Waals surface area contributed by atoms with Gasteiger partial charge in [-0.2, -0.15) is 10.4 Å². The lowest BCUT2D eigenvalue weighted by Crippen LogP contribution is -2.13. The molecule has 2 N–H and O–H groups in total. The van der Waals surface area contributed by atoms with Gasteiger partial charge in [0.1, 0.15) is 11.2 Å². The molecule has 0 aliphatic carbocycles. The molecule has 3 aromatic heterocycles. The van der Waals surface area contributed by atoms with Gasteiger partial charge in [-0.05, 0) is 87.1 Å². The molecule has 0 aliphatic heterocycles. The number of aromatic amines is 1. The average Bonchev–Trinajstić information content (AvgIpc) is 3.49. The summed E-state index contributed by atoms with van der Waals surface area (Å²) in [5, 5.41) is 25.1. The van der Waals surface area contributed by atoms with Crippen molar-refractivity contribution in [2.45, 2.75) is 40.0 Å². The minimum atomic E-state index is -0.594. The van der Waals surface area contributed by atoms with Crippen LogP contribution in [-0.4, -0.2) is 20.3 Å². The summed E-state index contributed by atoms with van der Waals surface area (Å²) in [6.07, 6.45) is 1.68. The van der Waals surface area contributed by atoms with Crippen LogP contribution in [0.25, 0.3) is 22.0 Å². The highest BCUT2D eigenvalue weighted by atomic mass is 16.5. The maximum atomic E-state index is 9.51. The number of nitrogens with one attached hydrogen (secondary N) is 2. The lowest BCUT2D eigenvalue weighted by molar-refractivity contribution is 0.459. The highest BCUT2D eigenvalue weighted by Gasteiger charge is 2.22. The highest BCUT2D eigenvalue weighted by molar-refractivity contribution is 5.97. The van der Waals surface area contributed by atoms with E-state index in [1.165, 1.54) is 0 Å². The fourth-order valence-corrected chi connectivity index (χ4v) is 4.08. The lowest BCUT2D eigenvalue weighted by Gasteiger charge is -2.17. The zero-order valence-corrected chi connectivity index (χ0v) is 20.2. The molecule has 2 aromatic carbocycles. The second-order valence-corrected chi connectivity index (χ2v) is 9.18. The molecule has 5 aromatic rings. The van der Waals surface area contributed by atoms with Crippen molar-refractivity contribution in [2.75, 3.05) is 5.32 Å². The number of benzene rings is 2. The van der Waals surface area contributed by atoms with E-state index in [1.807, 2.05) is 57.2 Å². The van der Waals surface area contributed by atoms with Gasteiger partial charge in [0, 0.05) is 5.69 Å². The number of fused-ring (bicyclic) bond motifs is 2. The molecule has 35 heavy (non-hydrogen) atoms. The number of anilines is 2. The van der Waals surface area contributed by atoms with Crippen LogP contribution in [0.2, 0.25) is 0 Å². The largest absolute Gasteiger partial charge is 0.353 e. The van der Waals surface area contributed by atoms with E-state index in [9.17, 15) is 5.26 Å². The van der Waals surface area contributed by atoms with Crippen LogP contribution in [0.15, 0.2) is 47.1 Å². The molecule has 0 spiro atoms. The summed E-state index contributed by atoms with van der Waals surface area (Å²) < 4.78 is 5.83. The van der Waals surface area contributed by atoms with E-state index in [0.29, 0.717) is 17.1 Å². The number of aryl methyl sites for hydroxylation is 1. The molecule has 0 bridgehead atoms. The zero-order chi connectivity index (χ0) is 24.7. The Morgan fingerprint density at radius 1 is 1.03 bits per heavy atom. The van der Waals surface area contributed by atoms with Crippen LogP contribution in [0.5, 0.6) is 0 Å². The smallest absolute Gasteiger partial charge is 0.185 e. The molecule has 0 saturated carbocycles. The fraction of sp³-hybridized carbons (Fsp3) is 0.214. The molecule has 0 unspecified atom stereocenters. The Kier molecular flexibility index (Phi) is 5.26. The predicted molar refractivity (Wildman–Crippen MR) is 136 cm³/mol. The van der Waals surface area contributed by atoms with Gasteiger partial charge in [0.2, 0.25) is 0 Å². The average molecular weight is 461 g/mol. The van der Waals surface area contributed by atoms with Gasteiger partial charge in [0.25, 0.3) is 0 Å². The van der Waals surface area contributed by atoms with Gasteiger partial charge in [0.15, 0.2) is 11.4 Å². The predicted octanol–water partition coefficient (Wildman–Crippen LogP) is 5.97. The van der Waals surface area contributed by atoms with Crippen LogP contribution in [0.1, 0.15) is 47.4 Å². The first kappa shape index (κ1) is 22.2. The van der Waals surface area contributed by atoms with Gasteiger partial charge in [-0.15, -0.1) is 0 Å². The Labute approximate surface area is 203 Å². The minimum Gasteiger partial charge on any atom is -0.353 e. The summed E-state index contributed by atoms with van der Waals surface area (Å²) >= 11 is 0. The van der Waals surface area contributed by atoms with Crippen molar-refractivity contribution in [3.63, 3.8) is 0 Å². The molecular formula is C28H24N6O. The minimum absolute atomic E-state index is 0.594. The molecule has 7 heteroatoms. The van der Waals surface area contributed by atoms with E-state index in [-0.39, 0.29) is 0 Å². The lowest BCUT2D eigenvalue weighted by atomic mass is 9.86. The van der Waals surface area contributed by atoms with Crippen LogP contribution >= 0.6 is 0 Å². The Morgan fingerprint density at radius 2 is 1.86 bits per heavy atom. The van der Waals surface area contributed by atoms with Crippen LogP contribution in [0, 0.1) is 43.9 Å². The summed E-state index contributed by atoms with van der Waals surface area (Å²) in [6.45, 7) is 9.99. The van der Waals surface area contributed by atoms with Crippen LogP contribution < -0.4 is 5.32 Å². The number of H-pyrrole nitrogens is 1. The maximum Gasteiger partial charge on any atom is 0.185 e. The summed E-state index contributed by atoms with van der Waals surface area (Å²) in [6, 6.07) is 13.9. The molecule has 0 radical (unpaired) electrons. The van der Waals surface area contributed by atoms with Crippen LogP contribution in [-0.2, 0) is 5.41 Å². The number of hydrogen-bond donors (Lipinski definition) is 2. The van der Waals surface area contributed by atoms with E-state index in [1.54, 1.807) is 6.20 Å². The number of pyridine rings is 1. The van der Waals surface area contributed by atoms with Crippen molar-refractivity contribution < 1.29 is 4.52 Å². The van der Waals surface area contributed by atoms with Crippen molar-refractivity contribution in [2.24, 2.45) is 0 Å². The monoisotopic (exact) mass is 460 g/mol.